The molecule has 0 aliphatic rings. The van der Waals surface area contributed by atoms with Crippen molar-refractivity contribution in [2.45, 2.75) is 12.4 Å². The second-order valence-corrected chi connectivity index (χ2v) is 5.00. The predicted octanol–water partition coefficient (Wildman–Crippen LogP) is 3.97. The Morgan fingerprint density at radius 3 is 2.86 bits per heavy atom. The first-order valence-corrected chi connectivity index (χ1v) is 7.08. The lowest BCUT2D eigenvalue weighted by atomic mass is 10.2. The summed E-state index contributed by atoms with van der Waals surface area (Å²) in [5.74, 6) is 1.51. The van der Waals surface area contributed by atoms with Gasteiger partial charge in [-0.2, -0.15) is 0 Å². The van der Waals surface area contributed by atoms with Crippen LogP contribution in [-0.2, 0) is 12.4 Å². The van der Waals surface area contributed by atoms with Crippen molar-refractivity contribution in [1.82, 2.24) is 9.55 Å². The van der Waals surface area contributed by atoms with Gasteiger partial charge in [0.05, 0.1) is 24.0 Å². The van der Waals surface area contributed by atoms with Crippen LogP contribution >= 0.6 is 11.6 Å². The van der Waals surface area contributed by atoms with Crippen molar-refractivity contribution in [1.29, 1.82) is 0 Å². The Bertz CT molecular complexity index is 785. The van der Waals surface area contributed by atoms with Crippen LogP contribution in [0.2, 0.25) is 0 Å². The Balaban J connectivity index is 2.06. The number of halogens is 2. The molecule has 3 nitrogen and oxygen atoms in total. The van der Waals surface area contributed by atoms with Crippen molar-refractivity contribution in [3.8, 4) is 5.75 Å². The van der Waals surface area contributed by atoms with E-state index in [0.717, 1.165) is 22.7 Å². The van der Waals surface area contributed by atoms with Crippen LogP contribution in [0.1, 0.15) is 11.4 Å². The molecule has 1 heterocycles. The van der Waals surface area contributed by atoms with Crippen molar-refractivity contribution in [2.75, 3.05) is 7.11 Å². The van der Waals surface area contributed by atoms with Crippen LogP contribution in [0.25, 0.3) is 11.0 Å². The van der Waals surface area contributed by atoms with Crippen LogP contribution in [0, 0.1) is 5.82 Å². The minimum atomic E-state index is -0.297. The van der Waals surface area contributed by atoms with Crippen molar-refractivity contribution < 1.29 is 9.13 Å². The van der Waals surface area contributed by atoms with E-state index in [2.05, 4.69) is 4.98 Å². The van der Waals surface area contributed by atoms with Gasteiger partial charge in [0.2, 0.25) is 0 Å². The number of alkyl halides is 1. The predicted molar refractivity (Wildman–Crippen MR) is 81.3 cm³/mol. The van der Waals surface area contributed by atoms with Crippen LogP contribution in [0.15, 0.2) is 42.5 Å². The Hall–Kier alpha value is -2.07. The van der Waals surface area contributed by atoms with Gasteiger partial charge in [0.25, 0.3) is 0 Å². The normalized spacial score (nSPS) is 11.0. The van der Waals surface area contributed by atoms with E-state index in [1.807, 2.05) is 28.8 Å². The summed E-state index contributed by atoms with van der Waals surface area (Å²) in [6.07, 6.45) is 0. The molecule has 0 aliphatic carbocycles. The van der Waals surface area contributed by atoms with Gasteiger partial charge in [0, 0.05) is 12.6 Å². The first kappa shape index (κ1) is 13.9. The number of hydrogen-bond acceptors (Lipinski definition) is 2. The van der Waals surface area contributed by atoms with E-state index < -0.39 is 0 Å². The molecule has 3 aromatic rings. The molecule has 108 valence electrons. The molecule has 2 aromatic carbocycles. The zero-order valence-corrected chi connectivity index (χ0v) is 12.3. The van der Waals surface area contributed by atoms with E-state index in [0.29, 0.717) is 12.1 Å². The molecule has 1 aromatic heterocycles. The van der Waals surface area contributed by atoms with Gasteiger partial charge in [-0.05, 0) is 29.8 Å². The summed E-state index contributed by atoms with van der Waals surface area (Å²) >= 11 is 5.97. The average molecular weight is 305 g/mol. The zero-order valence-electron chi connectivity index (χ0n) is 11.5. The fourth-order valence-corrected chi connectivity index (χ4v) is 2.59. The molecule has 0 atom stereocenters. The number of methoxy groups -OCH3 is 1. The number of hydrogen-bond donors (Lipinski definition) is 0. The van der Waals surface area contributed by atoms with Gasteiger partial charge in [0.15, 0.2) is 0 Å². The second kappa shape index (κ2) is 5.74. The van der Waals surface area contributed by atoms with E-state index in [9.17, 15) is 4.39 Å². The van der Waals surface area contributed by atoms with Gasteiger partial charge < -0.3 is 9.30 Å². The molecule has 0 aliphatic heterocycles. The maximum atomic E-state index is 13.3. The number of benzene rings is 2. The largest absolute Gasteiger partial charge is 0.497 e. The monoisotopic (exact) mass is 304 g/mol. The molecule has 0 radical (unpaired) electrons. The third-order valence-corrected chi connectivity index (χ3v) is 3.62. The topological polar surface area (TPSA) is 27.1 Å². The van der Waals surface area contributed by atoms with Gasteiger partial charge in [-0.3, -0.25) is 0 Å². The Kier molecular flexibility index (Phi) is 3.80. The number of aromatic nitrogens is 2. The Labute approximate surface area is 126 Å². The molecule has 0 fully saturated rings. The van der Waals surface area contributed by atoms with Crippen molar-refractivity contribution in [2.24, 2.45) is 0 Å². The van der Waals surface area contributed by atoms with Crippen LogP contribution in [0.4, 0.5) is 4.39 Å². The quantitative estimate of drug-likeness (QED) is 0.682. The van der Waals surface area contributed by atoms with Crippen LogP contribution in [0.5, 0.6) is 5.75 Å². The lowest BCUT2D eigenvalue weighted by molar-refractivity contribution is 0.414. The SMILES string of the molecule is COc1cccc(Cn2c(CCl)nc3cc(F)ccc32)c1. The Morgan fingerprint density at radius 2 is 2.10 bits per heavy atom. The lowest BCUT2D eigenvalue weighted by Gasteiger charge is -2.09. The smallest absolute Gasteiger partial charge is 0.125 e. The third kappa shape index (κ3) is 2.72. The van der Waals surface area contributed by atoms with Crippen LogP contribution in [0.3, 0.4) is 0 Å². The lowest BCUT2D eigenvalue weighted by Crippen LogP contribution is -2.04. The first-order chi connectivity index (χ1) is 10.2. The molecule has 0 N–H and O–H groups in total. The van der Waals surface area contributed by atoms with Gasteiger partial charge in [-0.15, -0.1) is 11.6 Å². The molecular formula is C16H14ClFN2O. The van der Waals surface area contributed by atoms with Gasteiger partial charge >= 0.3 is 0 Å². The highest BCUT2D eigenvalue weighted by molar-refractivity contribution is 6.16. The average Bonchev–Trinajstić information content (AvgIpc) is 2.84. The van der Waals surface area contributed by atoms with E-state index >= 15 is 0 Å². The molecule has 0 spiro atoms. The summed E-state index contributed by atoms with van der Waals surface area (Å²) in [5, 5.41) is 0. The van der Waals surface area contributed by atoms with E-state index in [1.165, 1.54) is 12.1 Å². The van der Waals surface area contributed by atoms with Crippen LogP contribution < -0.4 is 4.74 Å². The summed E-state index contributed by atoms with van der Waals surface area (Å²) in [6.45, 7) is 0.612. The minimum Gasteiger partial charge on any atom is -0.497 e. The van der Waals surface area contributed by atoms with E-state index in [-0.39, 0.29) is 11.7 Å². The van der Waals surface area contributed by atoms with Crippen molar-refractivity contribution >= 4 is 22.6 Å². The molecular weight excluding hydrogens is 291 g/mol. The summed E-state index contributed by atoms with van der Waals surface area (Å²) in [6, 6.07) is 12.4. The third-order valence-electron chi connectivity index (χ3n) is 3.38. The number of nitrogens with zero attached hydrogens (tertiary/aromatic N) is 2. The Morgan fingerprint density at radius 1 is 1.24 bits per heavy atom. The minimum absolute atomic E-state index is 0.278. The summed E-state index contributed by atoms with van der Waals surface area (Å²) in [4.78, 5) is 4.39. The van der Waals surface area contributed by atoms with E-state index in [4.69, 9.17) is 16.3 Å². The molecule has 3 rings (SSSR count). The summed E-state index contributed by atoms with van der Waals surface area (Å²) < 4.78 is 20.5. The number of ether oxygens (including phenoxy) is 1. The molecule has 0 unspecified atom stereocenters. The highest BCUT2D eigenvalue weighted by Gasteiger charge is 2.11. The van der Waals surface area contributed by atoms with Crippen molar-refractivity contribution in [3.63, 3.8) is 0 Å². The highest BCUT2D eigenvalue weighted by Crippen LogP contribution is 2.21. The van der Waals surface area contributed by atoms with Gasteiger partial charge in [0.1, 0.15) is 17.4 Å². The zero-order chi connectivity index (χ0) is 14.8. The standard InChI is InChI=1S/C16H14ClFN2O/c1-21-13-4-2-3-11(7-13)10-20-15-6-5-12(18)8-14(15)19-16(20)9-17/h2-8H,9-10H2,1H3. The number of imidazole rings is 1. The molecule has 0 saturated heterocycles. The fourth-order valence-electron chi connectivity index (χ4n) is 2.38. The second-order valence-electron chi connectivity index (χ2n) is 4.73. The first-order valence-electron chi connectivity index (χ1n) is 6.55. The summed E-state index contributed by atoms with van der Waals surface area (Å²) in [7, 11) is 1.64. The maximum absolute atomic E-state index is 13.3. The fraction of sp³-hybridized carbons (Fsp3) is 0.188. The van der Waals surface area contributed by atoms with Gasteiger partial charge in [-0.1, -0.05) is 12.1 Å². The highest BCUT2D eigenvalue weighted by atomic mass is 35.5. The maximum Gasteiger partial charge on any atom is 0.125 e. The molecule has 0 saturated carbocycles. The van der Waals surface area contributed by atoms with Gasteiger partial charge in [-0.25, -0.2) is 9.37 Å². The molecule has 21 heavy (non-hydrogen) atoms. The summed E-state index contributed by atoms with van der Waals surface area (Å²) in [5.41, 5.74) is 2.56. The van der Waals surface area contributed by atoms with Crippen LogP contribution in [-0.4, -0.2) is 16.7 Å². The van der Waals surface area contributed by atoms with E-state index in [1.54, 1.807) is 13.2 Å². The van der Waals surface area contributed by atoms with Crippen molar-refractivity contribution in [3.05, 3.63) is 59.7 Å². The number of fused-ring (bicyclic) bond motifs is 1. The molecule has 0 amide bonds. The molecule has 5 heteroatoms. The number of rotatable bonds is 4. The molecule has 0 bridgehead atoms.